The largest absolute Gasteiger partial charge is 0.309 e. The number of benzene rings is 10. The Morgan fingerprint density at radius 2 is 0.851 bits per heavy atom. The van der Waals surface area contributed by atoms with Crippen molar-refractivity contribution in [3.8, 4) is 16.8 Å². The lowest BCUT2D eigenvalue weighted by atomic mass is 9.83. The summed E-state index contributed by atoms with van der Waals surface area (Å²) in [6.45, 7) is 14.0. The number of fused-ring (bicyclic) bond motifs is 19. The Bertz CT molecular complexity index is 4620. The van der Waals surface area contributed by atoms with E-state index in [-0.39, 0.29) is 10.8 Å². The standard InChI is InChI=1S/C64H47N3/c1-63(2,3)39-25-27-55-51(31-39)58-42-20-12-10-16-36(42)29-49-47-35-57-48(34-56(47)66(55)61(49)58)50-30-37-17-11-13-21-43(37)59-52-33-40(64(4,5)6)32-45(60(52)67(57)62(50)59)38-24-26-54-46(28-38)44-22-14-15-23-53(44)65(54)41-18-8-7-9-19-41/h7-35H,1-6H3. The molecule has 0 bridgehead atoms. The Labute approximate surface area is 387 Å². The molecule has 0 radical (unpaired) electrons. The summed E-state index contributed by atoms with van der Waals surface area (Å²) in [5, 5.41) is 18.2. The minimum absolute atomic E-state index is 0.0376. The van der Waals surface area contributed by atoms with Gasteiger partial charge >= 0.3 is 0 Å². The molecule has 0 spiro atoms. The molecule has 3 nitrogen and oxygen atoms in total. The second-order valence-corrected chi connectivity index (χ2v) is 21.4. The Morgan fingerprint density at radius 1 is 0.313 bits per heavy atom. The summed E-state index contributed by atoms with van der Waals surface area (Å²) in [6.07, 6.45) is 0. The van der Waals surface area contributed by atoms with Gasteiger partial charge in [0.15, 0.2) is 0 Å². The maximum Gasteiger partial charge on any atom is 0.0627 e. The van der Waals surface area contributed by atoms with Gasteiger partial charge in [0.2, 0.25) is 0 Å². The van der Waals surface area contributed by atoms with Gasteiger partial charge in [-0.15, -0.1) is 0 Å². The summed E-state index contributed by atoms with van der Waals surface area (Å²) < 4.78 is 7.66. The Morgan fingerprint density at radius 3 is 1.54 bits per heavy atom. The van der Waals surface area contributed by atoms with Crippen LogP contribution in [0.4, 0.5) is 0 Å². The number of nitrogens with zero attached hydrogens (tertiary/aromatic N) is 3. The van der Waals surface area contributed by atoms with Gasteiger partial charge in [0, 0.05) is 65.1 Å². The van der Waals surface area contributed by atoms with Crippen molar-refractivity contribution in [3.63, 3.8) is 0 Å². The summed E-state index contributed by atoms with van der Waals surface area (Å²) in [6, 6.07) is 67.2. The second-order valence-electron chi connectivity index (χ2n) is 21.4. The maximum absolute atomic E-state index is 2.65. The third kappa shape index (κ3) is 4.81. The fourth-order valence-electron chi connectivity index (χ4n) is 12.3. The molecule has 0 aliphatic carbocycles. The molecule has 0 fully saturated rings. The summed E-state index contributed by atoms with van der Waals surface area (Å²) in [5.74, 6) is 0. The van der Waals surface area contributed by atoms with E-state index in [9.17, 15) is 0 Å². The van der Waals surface area contributed by atoms with Crippen molar-refractivity contribution < 1.29 is 0 Å². The fourth-order valence-corrected chi connectivity index (χ4v) is 12.3. The molecule has 5 heterocycles. The summed E-state index contributed by atoms with van der Waals surface area (Å²) in [5.41, 5.74) is 16.4. The monoisotopic (exact) mass is 857 g/mol. The van der Waals surface area contributed by atoms with E-state index >= 15 is 0 Å². The van der Waals surface area contributed by atoms with Crippen molar-refractivity contribution in [2.45, 2.75) is 52.4 Å². The first kappa shape index (κ1) is 37.4. The normalized spacial score (nSPS) is 13.2. The van der Waals surface area contributed by atoms with Gasteiger partial charge in [0.05, 0.1) is 44.1 Å². The summed E-state index contributed by atoms with van der Waals surface area (Å²) in [7, 11) is 0. The highest BCUT2D eigenvalue weighted by Crippen LogP contribution is 2.51. The van der Waals surface area contributed by atoms with Crippen LogP contribution in [0.2, 0.25) is 0 Å². The first-order chi connectivity index (χ1) is 32.5. The van der Waals surface area contributed by atoms with Crippen LogP contribution in [0.3, 0.4) is 0 Å². The minimum atomic E-state index is -0.0770. The molecule has 0 aliphatic rings. The molecule has 0 N–H and O–H groups in total. The number of para-hydroxylation sites is 2. The lowest BCUT2D eigenvalue weighted by Gasteiger charge is -2.21. The first-order valence-corrected chi connectivity index (χ1v) is 23.8. The van der Waals surface area contributed by atoms with Crippen LogP contribution in [0, 0.1) is 0 Å². The van der Waals surface area contributed by atoms with Crippen molar-refractivity contribution in [3.05, 3.63) is 187 Å². The van der Waals surface area contributed by atoms with Crippen LogP contribution in [0.25, 0.3) is 136 Å². The van der Waals surface area contributed by atoms with Gasteiger partial charge in [0.1, 0.15) is 0 Å². The zero-order chi connectivity index (χ0) is 44.8. The highest BCUT2D eigenvalue weighted by molar-refractivity contribution is 6.36. The van der Waals surface area contributed by atoms with E-state index in [0.29, 0.717) is 0 Å². The predicted octanol–water partition coefficient (Wildman–Crippen LogP) is 17.7. The van der Waals surface area contributed by atoms with Gasteiger partial charge in [-0.2, -0.15) is 0 Å². The molecule has 0 saturated heterocycles. The highest BCUT2D eigenvalue weighted by Gasteiger charge is 2.28. The van der Waals surface area contributed by atoms with Crippen molar-refractivity contribution in [1.29, 1.82) is 0 Å². The molecule has 0 aliphatic heterocycles. The number of aromatic nitrogens is 3. The van der Waals surface area contributed by atoms with Gasteiger partial charge in [-0.3, -0.25) is 0 Å². The molecule has 15 aromatic rings. The lowest BCUT2D eigenvalue weighted by molar-refractivity contribution is 0.591. The van der Waals surface area contributed by atoms with Gasteiger partial charge in [-0.1, -0.05) is 139 Å². The number of rotatable bonds is 2. The molecule has 0 amide bonds. The molecule has 0 atom stereocenters. The predicted molar refractivity (Wildman–Crippen MR) is 288 cm³/mol. The molecule has 0 saturated carbocycles. The van der Waals surface area contributed by atoms with Crippen LogP contribution in [0.5, 0.6) is 0 Å². The molecule has 15 rings (SSSR count). The van der Waals surface area contributed by atoms with Crippen molar-refractivity contribution >= 4 is 120 Å². The van der Waals surface area contributed by atoms with E-state index in [1.807, 2.05) is 0 Å². The van der Waals surface area contributed by atoms with Crippen LogP contribution >= 0.6 is 0 Å². The summed E-state index contributed by atoms with van der Waals surface area (Å²) in [4.78, 5) is 0. The van der Waals surface area contributed by atoms with E-state index in [1.165, 1.54) is 147 Å². The SMILES string of the molecule is CC(C)(C)c1ccc2c(c1)c1c3ccccc3cc3c4cc5c(cc4n2c31)c1cc2ccccc2c2c3cc(C(C)(C)C)cc(-c4ccc6c(c4)c4ccccc4n6-c4ccccc4)c3n5c12. The Balaban J connectivity index is 1.12. The molecular formula is C64H47N3. The average Bonchev–Trinajstić information content (AvgIpc) is 4.12. The van der Waals surface area contributed by atoms with E-state index < -0.39 is 0 Å². The molecule has 5 aromatic heterocycles. The van der Waals surface area contributed by atoms with Gasteiger partial charge < -0.3 is 13.4 Å². The molecule has 3 heteroatoms. The lowest BCUT2D eigenvalue weighted by Crippen LogP contribution is -2.11. The fraction of sp³-hybridized carbons (Fsp3) is 0.125. The number of hydrogen-bond acceptors (Lipinski definition) is 0. The zero-order valence-corrected chi connectivity index (χ0v) is 38.6. The smallest absolute Gasteiger partial charge is 0.0627 e. The number of hydrogen-bond donors (Lipinski definition) is 0. The van der Waals surface area contributed by atoms with Crippen LogP contribution in [-0.4, -0.2) is 13.4 Å². The van der Waals surface area contributed by atoms with Crippen molar-refractivity contribution in [2.24, 2.45) is 0 Å². The van der Waals surface area contributed by atoms with Gasteiger partial charge in [0.25, 0.3) is 0 Å². The molecule has 67 heavy (non-hydrogen) atoms. The molecule has 10 aromatic carbocycles. The van der Waals surface area contributed by atoms with E-state index in [1.54, 1.807) is 0 Å². The third-order valence-corrected chi connectivity index (χ3v) is 15.5. The Kier molecular flexibility index (Phi) is 6.97. The minimum Gasteiger partial charge on any atom is -0.309 e. The van der Waals surface area contributed by atoms with E-state index in [2.05, 4.69) is 231 Å². The average molecular weight is 858 g/mol. The highest BCUT2D eigenvalue weighted by atomic mass is 15.0. The van der Waals surface area contributed by atoms with Crippen LogP contribution in [-0.2, 0) is 10.8 Å². The topological polar surface area (TPSA) is 13.8 Å². The van der Waals surface area contributed by atoms with E-state index in [0.717, 1.165) is 0 Å². The maximum atomic E-state index is 2.65. The van der Waals surface area contributed by atoms with Crippen LogP contribution in [0.15, 0.2) is 176 Å². The first-order valence-electron chi connectivity index (χ1n) is 23.8. The summed E-state index contributed by atoms with van der Waals surface area (Å²) >= 11 is 0. The van der Waals surface area contributed by atoms with E-state index in [4.69, 9.17) is 0 Å². The van der Waals surface area contributed by atoms with Crippen LogP contribution in [0.1, 0.15) is 52.7 Å². The molecular weight excluding hydrogens is 811 g/mol. The Hall–Kier alpha value is -7.88. The van der Waals surface area contributed by atoms with Crippen LogP contribution < -0.4 is 0 Å². The molecule has 318 valence electrons. The molecule has 0 unspecified atom stereocenters. The van der Waals surface area contributed by atoms with Crippen molar-refractivity contribution in [2.75, 3.05) is 0 Å². The zero-order valence-electron chi connectivity index (χ0n) is 38.6. The quantitative estimate of drug-likeness (QED) is 0.164. The van der Waals surface area contributed by atoms with Crippen molar-refractivity contribution in [1.82, 2.24) is 13.4 Å². The third-order valence-electron chi connectivity index (χ3n) is 15.5. The van der Waals surface area contributed by atoms with Gasteiger partial charge in [-0.05, 0) is 128 Å². The second kappa shape index (κ2) is 12.5. The van der Waals surface area contributed by atoms with Gasteiger partial charge in [-0.25, -0.2) is 0 Å².